The van der Waals surface area contributed by atoms with Crippen molar-refractivity contribution in [1.82, 2.24) is 10.2 Å². The van der Waals surface area contributed by atoms with Crippen molar-refractivity contribution in [3.63, 3.8) is 0 Å². The second kappa shape index (κ2) is 8.63. The van der Waals surface area contributed by atoms with Crippen LogP contribution in [0.2, 0.25) is 0 Å². The Bertz CT molecular complexity index is 581. The fraction of sp³-hybridized carbons (Fsp3) is 0.632. The molecule has 0 atom stereocenters. The minimum atomic E-state index is -0.410. The molecule has 0 aliphatic carbocycles. The number of hydrogen-bond acceptors (Lipinski definition) is 4. The van der Waals surface area contributed by atoms with Gasteiger partial charge < -0.3 is 20.9 Å². The molecule has 0 bridgehead atoms. The highest BCUT2D eigenvalue weighted by atomic mass is 19.1. The van der Waals surface area contributed by atoms with Crippen molar-refractivity contribution in [2.45, 2.75) is 39.2 Å². The SMILES string of the molecule is CCN1CCN(c2ccc(C(=O)NCC(N)(CC)CC)cc2F)CC1. The molecule has 6 heteroatoms. The lowest BCUT2D eigenvalue weighted by atomic mass is 9.94. The standard InChI is InChI=1S/C19H31FN4O/c1-4-19(21,5-2)14-22-18(25)15-7-8-17(16(20)13-15)24-11-9-23(6-3)10-12-24/h7-8,13H,4-6,9-12,14,21H2,1-3H3,(H,22,25). The number of rotatable bonds is 7. The summed E-state index contributed by atoms with van der Waals surface area (Å²) in [5.41, 5.74) is 6.70. The van der Waals surface area contributed by atoms with E-state index in [0.29, 0.717) is 17.8 Å². The van der Waals surface area contributed by atoms with Crippen LogP contribution in [0.5, 0.6) is 0 Å². The summed E-state index contributed by atoms with van der Waals surface area (Å²) in [7, 11) is 0. The lowest BCUT2D eigenvalue weighted by molar-refractivity contribution is 0.0941. The predicted octanol–water partition coefficient (Wildman–Crippen LogP) is 2.21. The van der Waals surface area contributed by atoms with Gasteiger partial charge in [-0.3, -0.25) is 4.79 Å². The van der Waals surface area contributed by atoms with E-state index in [0.717, 1.165) is 45.6 Å². The van der Waals surface area contributed by atoms with E-state index >= 15 is 0 Å². The maximum Gasteiger partial charge on any atom is 0.251 e. The summed E-state index contributed by atoms with van der Waals surface area (Å²) >= 11 is 0. The number of nitrogens with zero attached hydrogens (tertiary/aromatic N) is 2. The maximum atomic E-state index is 14.5. The summed E-state index contributed by atoms with van der Waals surface area (Å²) in [5, 5.41) is 2.83. The highest BCUT2D eigenvalue weighted by Gasteiger charge is 2.22. The normalized spacial score (nSPS) is 16.1. The van der Waals surface area contributed by atoms with Gasteiger partial charge in [-0.05, 0) is 37.6 Å². The molecule has 0 saturated carbocycles. The third-order valence-corrected chi connectivity index (χ3v) is 5.38. The third kappa shape index (κ3) is 4.92. The molecule has 1 aliphatic heterocycles. The number of carbonyl (C=O) groups is 1. The summed E-state index contributed by atoms with van der Waals surface area (Å²) in [5.74, 6) is -0.624. The van der Waals surface area contributed by atoms with E-state index in [2.05, 4.69) is 17.1 Å². The Morgan fingerprint density at radius 1 is 1.20 bits per heavy atom. The van der Waals surface area contributed by atoms with Gasteiger partial charge in [-0.15, -0.1) is 0 Å². The first-order valence-electron chi connectivity index (χ1n) is 9.26. The Kier molecular flexibility index (Phi) is 6.79. The smallest absolute Gasteiger partial charge is 0.251 e. The average Bonchev–Trinajstić information content (AvgIpc) is 2.66. The number of nitrogens with one attached hydrogen (secondary N) is 1. The number of nitrogens with two attached hydrogens (primary N) is 1. The first-order chi connectivity index (χ1) is 11.9. The third-order valence-electron chi connectivity index (χ3n) is 5.38. The molecule has 0 radical (unpaired) electrons. The van der Waals surface area contributed by atoms with Crippen molar-refractivity contribution < 1.29 is 9.18 Å². The lowest BCUT2D eigenvalue weighted by Crippen LogP contribution is -2.49. The summed E-state index contributed by atoms with van der Waals surface area (Å²) < 4.78 is 14.5. The van der Waals surface area contributed by atoms with Crippen molar-refractivity contribution in [3.05, 3.63) is 29.6 Å². The van der Waals surface area contributed by atoms with Crippen molar-refractivity contribution in [3.8, 4) is 0 Å². The van der Waals surface area contributed by atoms with Crippen LogP contribution in [-0.2, 0) is 0 Å². The Hall–Kier alpha value is -1.66. The Morgan fingerprint density at radius 2 is 1.84 bits per heavy atom. The Balaban J connectivity index is 2.00. The number of hydrogen-bond donors (Lipinski definition) is 2. The fourth-order valence-corrected chi connectivity index (χ4v) is 3.07. The van der Waals surface area contributed by atoms with E-state index in [9.17, 15) is 9.18 Å². The second-order valence-corrected chi connectivity index (χ2v) is 6.84. The highest BCUT2D eigenvalue weighted by Crippen LogP contribution is 2.22. The zero-order valence-electron chi connectivity index (χ0n) is 15.6. The molecule has 0 aromatic heterocycles. The van der Waals surface area contributed by atoms with Gasteiger partial charge in [-0.1, -0.05) is 20.8 Å². The zero-order chi connectivity index (χ0) is 18.4. The molecule has 0 unspecified atom stereocenters. The lowest BCUT2D eigenvalue weighted by Gasteiger charge is -2.35. The Morgan fingerprint density at radius 3 is 2.36 bits per heavy atom. The molecule has 1 amide bonds. The molecule has 1 aromatic carbocycles. The van der Waals surface area contributed by atoms with Crippen LogP contribution in [0.15, 0.2) is 18.2 Å². The van der Waals surface area contributed by atoms with Crippen LogP contribution < -0.4 is 16.0 Å². The summed E-state index contributed by atoms with van der Waals surface area (Å²) in [6, 6.07) is 4.73. The number of piperazine rings is 1. The molecule has 1 fully saturated rings. The van der Waals surface area contributed by atoms with Crippen molar-refractivity contribution in [2.75, 3.05) is 44.2 Å². The van der Waals surface area contributed by atoms with E-state index in [1.807, 2.05) is 18.7 Å². The molecule has 5 nitrogen and oxygen atoms in total. The molecule has 140 valence electrons. The first-order valence-corrected chi connectivity index (χ1v) is 9.26. The van der Waals surface area contributed by atoms with Gasteiger partial charge in [0.2, 0.25) is 0 Å². The van der Waals surface area contributed by atoms with Crippen molar-refractivity contribution in [2.24, 2.45) is 5.73 Å². The van der Waals surface area contributed by atoms with Crippen LogP contribution >= 0.6 is 0 Å². The van der Waals surface area contributed by atoms with E-state index in [1.165, 1.54) is 6.07 Å². The molecule has 3 N–H and O–H groups in total. The number of benzene rings is 1. The minimum absolute atomic E-state index is 0.280. The van der Waals surface area contributed by atoms with Gasteiger partial charge in [0.05, 0.1) is 5.69 Å². The first kappa shape index (κ1) is 19.7. The summed E-state index contributed by atoms with van der Waals surface area (Å²) in [6.07, 6.45) is 1.56. The van der Waals surface area contributed by atoms with Crippen LogP contribution in [0.1, 0.15) is 44.0 Å². The molecule has 25 heavy (non-hydrogen) atoms. The molecule has 1 saturated heterocycles. The van der Waals surface area contributed by atoms with Gasteiger partial charge in [0, 0.05) is 43.8 Å². The number of likely N-dealkylation sites (N-methyl/N-ethyl adjacent to an activating group) is 1. The van der Waals surface area contributed by atoms with E-state index < -0.39 is 5.54 Å². The van der Waals surface area contributed by atoms with Gasteiger partial charge in [-0.2, -0.15) is 0 Å². The fourth-order valence-electron chi connectivity index (χ4n) is 3.07. The molecule has 1 aliphatic rings. The number of halogens is 1. The van der Waals surface area contributed by atoms with Crippen LogP contribution in [-0.4, -0.2) is 55.6 Å². The number of amides is 1. The van der Waals surface area contributed by atoms with Gasteiger partial charge >= 0.3 is 0 Å². The van der Waals surface area contributed by atoms with Crippen LogP contribution in [0.25, 0.3) is 0 Å². The number of carbonyl (C=O) groups excluding carboxylic acids is 1. The molecular formula is C19H31FN4O. The number of anilines is 1. The predicted molar refractivity (Wildman–Crippen MR) is 101 cm³/mol. The zero-order valence-corrected chi connectivity index (χ0v) is 15.6. The monoisotopic (exact) mass is 350 g/mol. The molecule has 2 rings (SSSR count). The summed E-state index contributed by atoms with van der Waals surface area (Å²) in [4.78, 5) is 16.7. The maximum absolute atomic E-state index is 14.5. The quantitative estimate of drug-likeness (QED) is 0.792. The van der Waals surface area contributed by atoms with Crippen LogP contribution in [0.3, 0.4) is 0 Å². The molecule has 0 spiro atoms. The minimum Gasteiger partial charge on any atom is -0.367 e. The van der Waals surface area contributed by atoms with Gasteiger partial charge in [-0.25, -0.2) is 4.39 Å². The molecule has 1 heterocycles. The molecular weight excluding hydrogens is 319 g/mol. The second-order valence-electron chi connectivity index (χ2n) is 6.84. The van der Waals surface area contributed by atoms with E-state index in [-0.39, 0.29) is 11.7 Å². The molecule has 1 aromatic rings. The van der Waals surface area contributed by atoms with E-state index in [4.69, 9.17) is 5.73 Å². The van der Waals surface area contributed by atoms with Crippen LogP contribution in [0, 0.1) is 5.82 Å². The van der Waals surface area contributed by atoms with Crippen molar-refractivity contribution >= 4 is 11.6 Å². The van der Waals surface area contributed by atoms with Gasteiger partial charge in [0.25, 0.3) is 5.91 Å². The van der Waals surface area contributed by atoms with Gasteiger partial charge in [0.15, 0.2) is 0 Å². The highest BCUT2D eigenvalue weighted by molar-refractivity contribution is 5.94. The van der Waals surface area contributed by atoms with E-state index in [1.54, 1.807) is 12.1 Å². The topological polar surface area (TPSA) is 61.6 Å². The van der Waals surface area contributed by atoms with Crippen LogP contribution in [0.4, 0.5) is 10.1 Å². The van der Waals surface area contributed by atoms with Gasteiger partial charge in [0.1, 0.15) is 5.82 Å². The summed E-state index contributed by atoms with van der Waals surface area (Å²) in [6.45, 7) is 11.0. The van der Waals surface area contributed by atoms with Crippen molar-refractivity contribution in [1.29, 1.82) is 0 Å². The largest absolute Gasteiger partial charge is 0.367 e. The average molecular weight is 350 g/mol. The Labute approximate surface area is 150 Å².